The van der Waals surface area contributed by atoms with Crippen molar-refractivity contribution in [2.75, 3.05) is 0 Å². The van der Waals surface area contributed by atoms with Crippen LogP contribution in [0.3, 0.4) is 0 Å². The number of rotatable bonds is 5. The van der Waals surface area contributed by atoms with Crippen molar-refractivity contribution in [2.45, 2.75) is 58.9 Å². The third-order valence-electron chi connectivity index (χ3n) is 3.21. The van der Waals surface area contributed by atoms with E-state index < -0.39 is 17.4 Å². The molecular weight excluding hydrogens is 286 g/mol. The highest BCUT2D eigenvalue weighted by atomic mass is 16.4. The summed E-state index contributed by atoms with van der Waals surface area (Å²) in [7, 11) is 0. The summed E-state index contributed by atoms with van der Waals surface area (Å²) in [5.41, 5.74) is -0.486. The Labute approximate surface area is 129 Å². The van der Waals surface area contributed by atoms with E-state index in [2.05, 4.69) is 15.3 Å². The summed E-state index contributed by atoms with van der Waals surface area (Å²) in [6, 6.07) is -0.343. The fourth-order valence-corrected chi connectivity index (χ4v) is 1.92. The van der Waals surface area contributed by atoms with E-state index in [1.54, 1.807) is 13.8 Å². The average Bonchev–Trinajstić information content (AvgIpc) is 2.34. The molecular formula is C15H23N3O4. The van der Waals surface area contributed by atoms with Crippen LogP contribution in [0, 0.1) is 6.92 Å². The Morgan fingerprint density at radius 1 is 1.36 bits per heavy atom. The first-order chi connectivity index (χ1) is 10.0. The van der Waals surface area contributed by atoms with Gasteiger partial charge in [0.2, 0.25) is 0 Å². The van der Waals surface area contributed by atoms with Crippen LogP contribution in [0.4, 0.5) is 0 Å². The summed E-state index contributed by atoms with van der Waals surface area (Å²) >= 11 is 0. The molecule has 0 saturated heterocycles. The van der Waals surface area contributed by atoms with Crippen molar-refractivity contribution in [3.63, 3.8) is 0 Å². The van der Waals surface area contributed by atoms with E-state index in [4.69, 9.17) is 5.11 Å². The highest BCUT2D eigenvalue weighted by Gasteiger charge is 2.22. The Morgan fingerprint density at radius 3 is 2.41 bits per heavy atom. The normalized spacial score (nSPS) is 12.8. The molecule has 22 heavy (non-hydrogen) atoms. The Bertz CT molecular complexity index is 629. The molecule has 1 unspecified atom stereocenters. The molecule has 0 aliphatic carbocycles. The zero-order valence-electron chi connectivity index (χ0n) is 13.6. The molecule has 0 spiro atoms. The smallest absolute Gasteiger partial charge is 0.303 e. The van der Waals surface area contributed by atoms with Gasteiger partial charge in [0.05, 0.1) is 5.69 Å². The van der Waals surface area contributed by atoms with E-state index in [-0.39, 0.29) is 23.4 Å². The maximum absolute atomic E-state index is 12.2. The number of nitrogens with one attached hydrogen (secondary N) is 2. The minimum absolute atomic E-state index is 0.0322. The molecule has 0 aliphatic heterocycles. The number of amides is 1. The van der Waals surface area contributed by atoms with Gasteiger partial charge in [-0.25, -0.2) is 4.98 Å². The molecule has 0 aliphatic rings. The molecule has 0 saturated carbocycles. The van der Waals surface area contributed by atoms with E-state index in [0.717, 1.165) is 0 Å². The SMILES string of the molecule is Cc1nc(C(C)(C)C)[nH]c(=O)c1C(=O)NC(C)CCC(=O)O. The number of carbonyl (C=O) groups excluding carboxylic acids is 1. The molecule has 1 amide bonds. The lowest BCUT2D eigenvalue weighted by atomic mass is 9.95. The fourth-order valence-electron chi connectivity index (χ4n) is 1.92. The van der Waals surface area contributed by atoms with Gasteiger partial charge >= 0.3 is 5.97 Å². The van der Waals surface area contributed by atoms with Gasteiger partial charge in [0.15, 0.2) is 0 Å². The number of nitrogens with zero attached hydrogens (tertiary/aromatic N) is 1. The van der Waals surface area contributed by atoms with Crippen molar-refractivity contribution in [3.05, 3.63) is 27.4 Å². The predicted molar refractivity (Wildman–Crippen MR) is 82.1 cm³/mol. The number of aliphatic carboxylic acids is 1. The maximum atomic E-state index is 12.2. The molecule has 1 heterocycles. The number of aryl methyl sites for hydroxylation is 1. The van der Waals surface area contributed by atoms with Crippen LogP contribution in [-0.2, 0) is 10.2 Å². The number of aromatic amines is 1. The van der Waals surface area contributed by atoms with Crippen LogP contribution < -0.4 is 10.9 Å². The van der Waals surface area contributed by atoms with Crippen LogP contribution in [-0.4, -0.2) is 33.0 Å². The highest BCUT2D eigenvalue weighted by molar-refractivity contribution is 5.95. The van der Waals surface area contributed by atoms with Gasteiger partial charge < -0.3 is 15.4 Å². The highest BCUT2D eigenvalue weighted by Crippen LogP contribution is 2.17. The number of hydrogen-bond donors (Lipinski definition) is 3. The number of carboxylic acid groups (broad SMARTS) is 1. The van der Waals surface area contributed by atoms with Crippen LogP contribution in [0.1, 0.15) is 62.4 Å². The van der Waals surface area contributed by atoms with Crippen LogP contribution in [0.25, 0.3) is 0 Å². The van der Waals surface area contributed by atoms with Gasteiger partial charge in [-0.3, -0.25) is 14.4 Å². The summed E-state index contributed by atoms with van der Waals surface area (Å²) in [4.78, 5) is 41.8. The van der Waals surface area contributed by atoms with Crippen LogP contribution in [0.2, 0.25) is 0 Å². The summed E-state index contributed by atoms with van der Waals surface area (Å²) in [6.07, 6.45) is 0.253. The van der Waals surface area contributed by atoms with Gasteiger partial charge in [0.1, 0.15) is 11.4 Å². The number of hydrogen-bond acceptors (Lipinski definition) is 4. The van der Waals surface area contributed by atoms with Crippen LogP contribution >= 0.6 is 0 Å². The lowest BCUT2D eigenvalue weighted by Crippen LogP contribution is -2.38. The first-order valence-corrected chi connectivity index (χ1v) is 7.16. The molecule has 1 atom stereocenters. The number of H-pyrrole nitrogens is 1. The lowest BCUT2D eigenvalue weighted by molar-refractivity contribution is -0.137. The van der Waals surface area contributed by atoms with Crippen LogP contribution in [0.5, 0.6) is 0 Å². The van der Waals surface area contributed by atoms with E-state index in [0.29, 0.717) is 17.9 Å². The standard InChI is InChI=1S/C15H23N3O4/c1-8(6-7-10(19)20)16-12(21)11-9(2)17-14(15(3,4)5)18-13(11)22/h8H,6-7H2,1-5H3,(H,16,21)(H,19,20)(H,17,18,22). The largest absolute Gasteiger partial charge is 0.481 e. The second-order valence-electron chi connectivity index (χ2n) is 6.43. The minimum atomic E-state index is -0.925. The van der Waals surface area contributed by atoms with Gasteiger partial charge in [-0.1, -0.05) is 20.8 Å². The number of aromatic nitrogens is 2. The zero-order valence-corrected chi connectivity index (χ0v) is 13.6. The van der Waals surface area contributed by atoms with Crippen molar-refractivity contribution < 1.29 is 14.7 Å². The first kappa shape index (κ1) is 17.9. The Kier molecular flexibility index (Phi) is 5.46. The third-order valence-corrected chi connectivity index (χ3v) is 3.21. The fraction of sp³-hybridized carbons (Fsp3) is 0.600. The first-order valence-electron chi connectivity index (χ1n) is 7.16. The number of carboxylic acids is 1. The van der Waals surface area contributed by atoms with Crippen molar-refractivity contribution in [1.82, 2.24) is 15.3 Å². The second-order valence-corrected chi connectivity index (χ2v) is 6.43. The summed E-state index contributed by atoms with van der Waals surface area (Å²) in [6.45, 7) is 9.05. The van der Waals surface area contributed by atoms with E-state index in [9.17, 15) is 14.4 Å². The summed E-state index contributed by atoms with van der Waals surface area (Å²) < 4.78 is 0. The molecule has 3 N–H and O–H groups in total. The van der Waals surface area contributed by atoms with Crippen molar-refractivity contribution in [2.24, 2.45) is 0 Å². The van der Waals surface area contributed by atoms with E-state index >= 15 is 0 Å². The van der Waals surface area contributed by atoms with Gasteiger partial charge in [-0.05, 0) is 20.3 Å². The van der Waals surface area contributed by atoms with E-state index in [1.165, 1.54) is 0 Å². The zero-order chi connectivity index (χ0) is 17.1. The Hall–Kier alpha value is -2.18. The molecule has 0 aromatic carbocycles. The topological polar surface area (TPSA) is 112 Å². The molecule has 0 fully saturated rings. The van der Waals surface area contributed by atoms with E-state index in [1.807, 2.05) is 20.8 Å². The molecule has 1 aromatic heterocycles. The quantitative estimate of drug-likeness (QED) is 0.760. The van der Waals surface area contributed by atoms with Crippen molar-refractivity contribution in [1.29, 1.82) is 0 Å². The summed E-state index contributed by atoms with van der Waals surface area (Å²) in [5, 5.41) is 11.3. The lowest BCUT2D eigenvalue weighted by Gasteiger charge is -2.19. The third kappa shape index (κ3) is 4.68. The average molecular weight is 309 g/mol. The minimum Gasteiger partial charge on any atom is -0.481 e. The van der Waals surface area contributed by atoms with Gasteiger partial charge in [0.25, 0.3) is 11.5 Å². The van der Waals surface area contributed by atoms with Crippen LogP contribution in [0.15, 0.2) is 4.79 Å². The molecule has 1 rings (SSSR count). The molecule has 7 nitrogen and oxygen atoms in total. The maximum Gasteiger partial charge on any atom is 0.303 e. The Balaban J connectivity index is 2.95. The second kappa shape index (κ2) is 6.72. The monoisotopic (exact) mass is 309 g/mol. The molecule has 1 aromatic rings. The molecule has 122 valence electrons. The summed E-state index contributed by atoms with van der Waals surface area (Å²) in [5.74, 6) is -0.943. The van der Waals surface area contributed by atoms with Gasteiger partial charge in [-0.15, -0.1) is 0 Å². The predicted octanol–water partition coefficient (Wildman–Crippen LogP) is 1.36. The van der Waals surface area contributed by atoms with Crippen molar-refractivity contribution >= 4 is 11.9 Å². The molecule has 0 bridgehead atoms. The molecule has 7 heteroatoms. The van der Waals surface area contributed by atoms with Gasteiger partial charge in [0, 0.05) is 17.9 Å². The number of carbonyl (C=O) groups is 2. The van der Waals surface area contributed by atoms with Crippen molar-refractivity contribution in [3.8, 4) is 0 Å². The Morgan fingerprint density at radius 2 is 1.95 bits per heavy atom. The van der Waals surface area contributed by atoms with Gasteiger partial charge in [-0.2, -0.15) is 0 Å². The molecule has 0 radical (unpaired) electrons.